The molecule has 0 aromatic rings. The molecule has 0 aromatic carbocycles. The van der Waals surface area contributed by atoms with E-state index in [-0.39, 0.29) is 18.4 Å². The molecule has 1 aliphatic rings. The van der Waals surface area contributed by atoms with Crippen LogP contribution < -0.4 is 5.73 Å². The minimum Gasteiger partial charge on any atom is -0.368 e. The lowest BCUT2D eigenvalue weighted by atomic mass is 10.0. The molecule has 1 rings (SSSR count). The third kappa shape index (κ3) is 2.70. The van der Waals surface area contributed by atoms with Crippen LogP contribution in [-0.4, -0.2) is 52.7 Å². The fourth-order valence-electron chi connectivity index (χ4n) is 2.02. The predicted octanol–water partition coefficient (Wildman–Crippen LogP) is -0.580. The average molecular weight is 229 g/mol. The number of primary amides is 1. The summed E-state index contributed by atoms with van der Waals surface area (Å²) in [5, 5.41) is 10.2. The van der Waals surface area contributed by atoms with Gasteiger partial charge in [0, 0.05) is 13.1 Å². The van der Waals surface area contributed by atoms with Crippen LogP contribution in [0.2, 0.25) is 0 Å². The summed E-state index contributed by atoms with van der Waals surface area (Å²) in [7, 11) is 0. The highest BCUT2D eigenvalue weighted by atomic mass is 16.5. The normalized spacial score (nSPS) is 25.1. The summed E-state index contributed by atoms with van der Waals surface area (Å²) in [5.74, 6) is -0.632. The first kappa shape index (κ1) is 12.9. The van der Waals surface area contributed by atoms with Crippen molar-refractivity contribution in [2.75, 3.05) is 19.6 Å². The Morgan fingerprint density at radius 1 is 1.56 bits per heavy atom. The van der Waals surface area contributed by atoms with Gasteiger partial charge in [0.2, 0.25) is 11.8 Å². The summed E-state index contributed by atoms with van der Waals surface area (Å²) in [6, 6.07) is -0.530. The number of nitrogens with zero attached hydrogens (tertiary/aromatic N) is 2. The molecule has 6 heteroatoms. The maximum absolute atomic E-state index is 11.8. The van der Waals surface area contributed by atoms with Crippen molar-refractivity contribution >= 4 is 11.8 Å². The van der Waals surface area contributed by atoms with Gasteiger partial charge >= 0.3 is 0 Å². The van der Waals surface area contributed by atoms with Crippen molar-refractivity contribution in [2.24, 2.45) is 11.7 Å². The molecule has 0 spiro atoms. The van der Waals surface area contributed by atoms with E-state index in [1.807, 2.05) is 6.92 Å². The number of nitrogens with two attached hydrogens (primary N) is 1. The fourth-order valence-corrected chi connectivity index (χ4v) is 2.02. The van der Waals surface area contributed by atoms with E-state index < -0.39 is 11.9 Å². The molecule has 92 valence electrons. The van der Waals surface area contributed by atoms with Crippen molar-refractivity contribution in [1.82, 2.24) is 9.96 Å². The zero-order chi connectivity index (χ0) is 12.3. The number of likely N-dealkylation sites (N-methyl/N-ethyl adjacent to an activating group) is 1. The van der Waals surface area contributed by atoms with Gasteiger partial charge in [-0.2, -0.15) is 5.06 Å². The number of rotatable bonds is 4. The SMILES string of the molecule is CCN(O)CC(=O)N1CCC(C)C1C(N)=O. The Morgan fingerprint density at radius 2 is 2.19 bits per heavy atom. The number of hydrogen-bond donors (Lipinski definition) is 2. The number of carbonyl (C=O) groups is 2. The largest absolute Gasteiger partial charge is 0.368 e. The van der Waals surface area contributed by atoms with Gasteiger partial charge in [0.05, 0.1) is 0 Å². The van der Waals surface area contributed by atoms with Crippen LogP contribution in [0.25, 0.3) is 0 Å². The van der Waals surface area contributed by atoms with Crippen molar-refractivity contribution in [3.63, 3.8) is 0 Å². The minimum atomic E-state index is -0.530. The lowest BCUT2D eigenvalue weighted by Gasteiger charge is -2.25. The molecular weight excluding hydrogens is 210 g/mol. The van der Waals surface area contributed by atoms with E-state index in [1.165, 1.54) is 4.90 Å². The molecule has 0 aromatic heterocycles. The maximum atomic E-state index is 11.8. The molecule has 1 heterocycles. The molecule has 16 heavy (non-hydrogen) atoms. The van der Waals surface area contributed by atoms with Crippen LogP contribution in [0.4, 0.5) is 0 Å². The number of carbonyl (C=O) groups excluding carboxylic acids is 2. The maximum Gasteiger partial charge on any atom is 0.240 e. The van der Waals surface area contributed by atoms with Gasteiger partial charge in [-0.05, 0) is 12.3 Å². The van der Waals surface area contributed by atoms with E-state index in [9.17, 15) is 14.8 Å². The van der Waals surface area contributed by atoms with Crippen molar-refractivity contribution in [3.8, 4) is 0 Å². The average Bonchev–Trinajstić information content (AvgIpc) is 2.59. The lowest BCUT2D eigenvalue weighted by Crippen LogP contribution is -2.48. The van der Waals surface area contributed by atoms with Crippen molar-refractivity contribution in [3.05, 3.63) is 0 Å². The van der Waals surface area contributed by atoms with Gasteiger partial charge in [-0.15, -0.1) is 0 Å². The van der Waals surface area contributed by atoms with Gasteiger partial charge in [0.25, 0.3) is 0 Å². The highest BCUT2D eigenvalue weighted by Gasteiger charge is 2.38. The molecular formula is C10H19N3O3. The third-order valence-corrected chi connectivity index (χ3v) is 2.99. The second-order valence-electron chi connectivity index (χ2n) is 4.18. The minimum absolute atomic E-state index is 0.0903. The monoisotopic (exact) mass is 229 g/mol. The molecule has 0 saturated carbocycles. The van der Waals surface area contributed by atoms with Gasteiger partial charge < -0.3 is 15.8 Å². The molecule has 0 aliphatic carbocycles. The van der Waals surface area contributed by atoms with Gasteiger partial charge in [-0.25, -0.2) is 0 Å². The summed E-state index contributed by atoms with van der Waals surface area (Å²) in [6.07, 6.45) is 0.775. The van der Waals surface area contributed by atoms with E-state index in [0.717, 1.165) is 11.5 Å². The lowest BCUT2D eigenvalue weighted by molar-refractivity contribution is -0.150. The van der Waals surface area contributed by atoms with Crippen LogP contribution in [0.15, 0.2) is 0 Å². The summed E-state index contributed by atoms with van der Waals surface area (Å²) in [4.78, 5) is 24.5. The highest BCUT2D eigenvalue weighted by Crippen LogP contribution is 2.23. The molecule has 2 amide bonds. The Kier molecular flexibility index (Phi) is 4.26. The Hall–Kier alpha value is -1.14. The van der Waals surface area contributed by atoms with E-state index in [0.29, 0.717) is 13.1 Å². The van der Waals surface area contributed by atoms with Crippen LogP contribution in [0, 0.1) is 5.92 Å². The standard InChI is InChI=1S/C10H19N3O3/c1-3-12(16)6-8(14)13-5-4-7(2)9(13)10(11)15/h7,9,16H,3-6H2,1-2H3,(H2,11,15). The quantitative estimate of drug-likeness (QED) is 0.631. The number of hydroxylamine groups is 2. The highest BCUT2D eigenvalue weighted by molar-refractivity contribution is 5.88. The molecule has 2 atom stereocenters. The first-order chi connectivity index (χ1) is 7.47. The van der Waals surface area contributed by atoms with Crippen LogP contribution in [0.3, 0.4) is 0 Å². The molecule has 1 aliphatic heterocycles. The Labute approximate surface area is 94.9 Å². The van der Waals surface area contributed by atoms with Crippen molar-refractivity contribution < 1.29 is 14.8 Å². The van der Waals surface area contributed by atoms with Crippen molar-refractivity contribution in [1.29, 1.82) is 0 Å². The summed E-state index contributed by atoms with van der Waals surface area (Å²) >= 11 is 0. The number of amides is 2. The van der Waals surface area contributed by atoms with Crippen LogP contribution in [0.5, 0.6) is 0 Å². The second kappa shape index (κ2) is 5.27. The predicted molar refractivity (Wildman–Crippen MR) is 57.5 cm³/mol. The first-order valence-corrected chi connectivity index (χ1v) is 5.50. The van der Waals surface area contributed by atoms with E-state index in [4.69, 9.17) is 5.73 Å². The van der Waals surface area contributed by atoms with Gasteiger partial charge in [0.15, 0.2) is 0 Å². The topological polar surface area (TPSA) is 86.9 Å². The van der Waals surface area contributed by atoms with E-state index in [1.54, 1.807) is 6.92 Å². The first-order valence-electron chi connectivity index (χ1n) is 5.50. The Morgan fingerprint density at radius 3 is 2.69 bits per heavy atom. The molecule has 3 N–H and O–H groups in total. The van der Waals surface area contributed by atoms with Crippen molar-refractivity contribution in [2.45, 2.75) is 26.3 Å². The summed E-state index contributed by atoms with van der Waals surface area (Å²) in [6.45, 7) is 4.46. The number of hydrogen-bond acceptors (Lipinski definition) is 4. The van der Waals surface area contributed by atoms with Crippen LogP contribution >= 0.6 is 0 Å². The summed E-state index contributed by atoms with van der Waals surface area (Å²) in [5.41, 5.74) is 5.27. The van der Waals surface area contributed by atoms with E-state index >= 15 is 0 Å². The van der Waals surface area contributed by atoms with Crippen LogP contribution in [0.1, 0.15) is 20.3 Å². The fraction of sp³-hybridized carbons (Fsp3) is 0.800. The van der Waals surface area contributed by atoms with E-state index in [2.05, 4.69) is 0 Å². The molecule has 1 saturated heterocycles. The molecule has 2 unspecified atom stereocenters. The molecule has 0 bridgehead atoms. The van der Waals surface area contributed by atoms with Gasteiger partial charge in [-0.1, -0.05) is 13.8 Å². The third-order valence-electron chi connectivity index (χ3n) is 2.99. The smallest absolute Gasteiger partial charge is 0.240 e. The van der Waals surface area contributed by atoms with Gasteiger partial charge in [0.1, 0.15) is 12.6 Å². The molecule has 1 fully saturated rings. The van der Waals surface area contributed by atoms with Gasteiger partial charge in [-0.3, -0.25) is 9.59 Å². The zero-order valence-electron chi connectivity index (χ0n) is 9.72. The second-order valence-corrected chi connectivity index (χ2v) is 4.18. The number of likely N-dealkylation sites (tertiary alicyclic amines) is 1. The Balaban J connectivity index is 2.65. The molecule has 6 nitrogen and oxygen atoms in total. The van der Waals surface area contributed by atoms with Crippen LogP contribution in [-0.2, 0) is 9.59 Å². The summed E-state index contributed by atoms with van der Waals surface area (Å²) < 4.78 is 0. The Bertz CT molecular complexity index is 282. The molecule has 0 radical (unpaired) electrons. The zero-order valence-corrected chi connectivity index (χ0v) is 9.72.